The third-order valence-corrected chi connectivity index (χ3v) is 6.51. The van der Waals surface area contributed by atoms with Crippen molar-refractivity contribution in [1.29, 1.82) is 0 Å². The van der Waals surface area contributed by atoms with Crippen molar-refractivity contribution in [2.75, 3.05) is 32.7 Å². The number of ether oxygens (including phenoxy) is 1. The van der Waals surface area contributed by atoms with Crippen molar-refractivity contribution >= 4 is 11.9 Å². The van der Waals surface area contributed by atoms with Crippen molar-refractivity contribution in [3.63, 3.8) is 0 Å². The lowest BCUT2D eigenvalue weighted by Crippen LogP contribution is -2.45. The minimum absolute atomic E-state index is 0.151. The molecule has 0 saturated carbocycles. The predicted molar refractivity (Wildman–Crippen MR) is 100 cm³/mol. The Kier molecular flexibility index (Phi) is 5.57. The number of halogens is 2. The minimum atomic E-state index is -0.873. The highest BCUT2D eigenvalue weighted by molar-refractivity contribution is 5.94. The van der Waals surface area contributed by atoms with E-state index in [9.17, 15) is 23.5 Å². The number of carbonyl (C=O) groups is 2. The first kappa shape index (κ1) is 20.2. The van der Waals surface area contributed by atoms with Gasteiger partial charge in [0.15, 0.2) is 0 Å². The van der Waals surface area contributed by atoms with Crippen LogP contribution in [0.25, 0.3) is 0 Å². The van der Waals surface area contributed by atoms with E-state index in [-0.39, 0.29) is 23.7 Å². The summed E-state index contributed by atoms with van der Waals surface area (Å²) in [5.41, 5.74) is -0.737. The Balaban J connectivity index is 1.34. The normalized spacial score (nSPS) is 25.4. The number of nitrogens with zero attached hydrogens (tertiary/aromatic N) is 2. The summed E-state index contributed by atoms with van der Waals surface area (Å²) in [6.07, 6.45) is 2.65. The summed E-state index contributed by atoms with van der Waals surface area (Å²) in [4.78, 5) is 28.9. The number of piperidine rings is 2. The number of cyclic esters (lactones) is 1. The van der Waals surface area contributed by atoms with E-state index >= 15 is 0 Å². The molecule has 4 rings (SSSR count). The van der Waals surface area contributed by atoms with Crippen molar-refractivity contribution in [2.45, 2.75) is 44.3 Å². The smallest absolute Gasteiger partial charge is 0.312 e. The van der Waals surface area contributed by atoms with E-state index in [1.165, 1.54) is 4.90 Å². The lowest BCUT2D eigenvalue weighted by molar-refractivity contribution is -0.151. The number of hydrogen-bond acceptors (Lipinski definition) is 5. The maximum absolute atomic E-state index is 13.9. The average Bonchev–Trinajstić information content (AvgIpc) is 2.98. The molecule has 3 fully saturated rings. The fourth-order valence-electron chi connectivity index (χ4n) is 4.71. The largest absolute Gasteiger partial charge is 0.461 e. The molecule has 6 nitrogen and oxygen atoms in total. The number of carbonyl (C=O) groups excluding carboxylic acids is 2. The van der Waals surface area contributed by atoms with Gasteiger partial charge in [0, 0.05) is 45.2 Å². The molecular formula is C21H26F2N2O4. The molecule has 1 unspecified atom stereocenters. The molecule has 1 N–H and O–H groups in total. The molecule has 1 amide bonds. The molecule has 1 atom stereocenters. The summed E-state index contributed by atoms with van der Waals surface area (Å²) in [6.45, 7) is 2.95. The molecule has 0 radical (unpaired) electrons. The minimum Gasteiger partial charge on any atom is -0.461 e. The van der Waals surface area contributed by atoms with Gasteiger partial charge in [0.05, 0.1) is 17.1 Å². The zero-order valence-electron chi connectivity index (χ0n) is 16.3. The molecule has 0 aromatic heterocycles. The van der Waals surface area contributed by atoms with Crippen LogP contribution in [0.15, 0.2) is 18.2 Å². The van der Waals surface area contributed by atoms with Crippen LogP contribution >= 0.6 is 0 Å². The van der Waals surface area contributed by atoms with Crippen LogP contribution in [-0.4, -0.2) is 71.7 Å². The first-order valence-corrected chi connectivity index (χ1v) is 10.2. The first-order chi connectivity index (χ1) is 13.9. The van der Waals surface area contributed by atoms with Gasteiger partial charge in [-0.3, -0.25) is 14.5 Å². The fraction of sp³-hybridized carbons (Fsp3) is 0.619. The zero-order valence-corrected chi connectivity index (χ0v) is 16.3. The van der Waals surface area contributed by atoms with Gasteiger partial charge in [-0.25, -0.2) is 8.78 Å². The molecule has 3 aliphatic heterocycles. The Bertz CT molecular complexity index is 787. The third kappa shape index (κ3) is 4.14. The van der Waals surface area contributed by atoms with Gasteiger partial charge in [-0.1, -0.05) is 0 Å². The molecule has 29 heavy (non-hydrogen) atoms. The van der Waals surface area contributed by atoms with Gasteiger partial charge in [-0.05, 0) is 37.8 Å². The summed E-state index contributed by atoms with van der Waals surface area (Å²) in [5.74, 6) is -2.28. The number of aliphatic hydroxyl groups excluding tert-OH is 1. The molecule has 3 saturated heterocycles. The maximum atomic E-state index is 13.9. The van der Waals surface area contributed by atoms with Gasteiger partial charge >= 0.3 is 5.97 Å². The molecule has 3 heterocycles. The number of esters is 1. The Morgan fingerprint density at radius 2 is 1.86 bits per heavy atom. The maximum Gasteiger partial charge on any atom is 0.312 e. The highest BCUT2D eigenvalue weighted by Crippen LogP contribution is 2.43. The number of amides is 1. The Morgan fingerprint density at radius 3 is 2.52 bits per heavy atom. The van der Waals surface area contributed by atoms with E-state index in [0.29, 0.717) is 45.0 Å². The molecule has 158 valence electrons. The second-order valence-electron chi connectivity index (χ2n) is 8.46. The van der Waals surface area contributed by atoms with E-state index in [0.717, 1.165) is 38.1 Å². The molecule has 8 heteroatoms. The molecular weight excluding hydrogens is 382 g/mol. The predicted octanol–water partition coefficient (Wildman–Crippen LogP) is 1.96. The SMILES string of the molecule is O=C(c1ccc(F)cc1F)N1CCC2(CC1)CC(CN1CCC(O)CC1)OC2=O. The van der Waals surface area contributed by atoms with Crippen LogP contribution in [0.2, 0.25) is 0 Å². The standard InChI is InChI=1S/C21H26F2N2O4/c22-14-1-2-17(18(23)11-14)19(27)25-9-5-21(6-10-25)12-16(29-20(21)28)13-24-7-3-15(26)4-8-24/h1-2,11,15-16,26H,3-10,12-13H2. The van der Waals surface area contributed by atoms with Crippen LogP contribution in [0.5, 0.6) is 0 Å². The number of benzene rings is 1. The second-order valence-corrected chi connectivity index (χ2v) is 8.46. The van der Waals surface area contributed by atoms with Crippen molar-refractivity contribution in [1.82, 2.24) is 9.80 Å². The van der Waals surface area contributed by atoms with Crippen LogP contribution in [0.1, 0.15) is 42.5 Å². The summed E-state index contributed by atoms with van der Waals surface area (Å²) in [7, 11) is 0. The molecule has 3 aliphatic rings. The lowest BCUT2D eigenvalue weighted by atomic mass is 9.76. The molecule has 1 aromatic carbocycles. The quantitative estimate of drug-likeness (QED) is 0.775. The van der Waals surface area contributed by atoms with Crippen molar-refractivity contribution in [3.05, 3.63) is 35.4 Å². The van der Waals surface area contributed by atoms with Crippen LogP contribution in [0.3, 0.4) is 0 Å². The summed E-state index contributed by atoms with van der Waals surface area (Å²) < 4.78 is 32.7. The highest BCUT2D eigenvalue weighted by atomic mass is 19.1. The van der Waals surface area contributed by atoms with E-state index < -0.39 is 23.0 Å². The van der Waals surface area contributed by atoms with Crippen LogP contribution < -0.4 is 0 Å². The van der Waals surface area contributed by atoms with Gasteiger partial charge in [-0.15, -0.1) is 0 Å². The second kappa shape index (κ2) is 7.99. The monoisotopic (exact) mass is 408 g/mol. The summed E-state index contributed by atoms with van der Waals surface area (Å²) >= 11 is 0. The van der Waals surface area contributed by atoms with E-state index in [1.54, 1.807) is 0 Å². The number of hydrogen-bond donors (Lipinski definition) is 1. The van der Waals surface area contributed by atoms with Gasteiger partial charge in [0.25, 0.3) is 5.91 Å². The molecule has 0 bridgehead atoms. The van der Waals surface area contributed by atoms with E-state index in [4.69, 9.17) is 4.74 Å². The molecule has 0 aliphatic carbocycles. The van der Waals surface area contributed by atoms with E-state index in [1.807, 2.05) is 0 Å². The molecule has 1 aromatic rings. The van der Waals surface area contributed by atoms with Crippen LogP contribution in [0.4, 0.5) is 8.78 Å². The van der Waals surface area contributed by atoms with Crippen molar-refractivity contribution < 1.29 is 28.2 Å². The first-order valence-electron chi connectivity index (χ1n) is 10.2. The highest BCUT2D eigenvalue weighted by Gasteiger charge is 2.51. The summed E-state index contributed by atoms with van der Waals surface area (Å²) in [5, 5.41) is 9.63. The van der Waals surface area contributed by atoms with Gasteiger partial charge < -0.3 is 14.7 Å². The Morgan fingerprint density at radius 1 is 1.17 bits per heavy atom. The average molecular weight is 408 g/mol. The number of rotatable bonds is 3. The van der Waals surface area contributed by atoms with Crippen LogP contribution in [0, 0.1) is 17.0 Å². The fourth-order valence-corrected chi connectivity index (χ4v) is 4.71. The number of likely N-dealkylation sites (tertiary alicyclic amines) is 2. The van der Waals surface area contributed by atoms with Gasteiger partial charge in [0.1, 0.15) is 17.7 Å². The zero-order chi connectivity index (χ0) is 20.6. The van der Waals surface area contributed by atoms with Crippen LogP contribution in [-0.2, 0) is 9.53 Å². The Labute approximate surface area is 168 Å². The molecule has 1 spiro atoms. The van der Waals surface area contributed by atoms with Gasteiger partial charge in [-0.2, -0.15) is 0 Å². The van der Waals surface area contributed by atoms with Crippen molar-refractivity contribution in [3.8, 4) is 0 Å². The van der Waals surface area contributed by atoms with Crippen molar-refractivity contribution in [2.24, 2.45) is 5.41 Å². The summed E-state index contributed by atoms with van der Waals surface area (Å²) in [6, 6.07) is 2.93. The Hall–Kier alpha value is -2.06. The van der Waals surface area contributed by atoms with E-state index in [2.05, 4.69) is 4.90 Å². The third-order valence-electron chi connectivity index (χ3n) is 6.51. The lowest BCUT2D eigenvalue weighted by Gasteiger charge is -2.36. The topological polar surface area (TPSA) is 70.1 Å². The van der Waals surface area contributed by atoms with Gasteiger partial charge in [0.2, 0.25) is 0 Å². The number of aliphatic hydroxyl groups is 1.